The SMILES string of the molecule is O=C(O)C1CCC(=O)N(C2CC2)C1c1ccc(Br)c(Br)c1. The van der Waals surface area contributed by atoms with E-state index >= 15 is 0 Å². The average Bonchev–Trinajstić information content (AvgIpc) is 3.25. The van der Waals surface area contributed by atoms with Gasteiger partial charge in [-0.25, -0.2) is 0 Å². The van der Waals surface area contributed by atoms with Crippen LogP contribution in [0.3, 0.4) is 0 Å². The summed E-state index contributed by atoms with van der Waals surface area (Å²) < 4.78 is 1.79. The predicted molar refractivity (Wildman–Crippen MR) is 84.8 cm³/mol. The van der Waals surface area contributed by atoms with Gasteiger partial charge in [0.25, 0.3) is 0 Å². The van der Waals surface area contributed by atoms with E-state index in [1.165, 1.54) is 0 Å². The summed E-state index contributed by atoms with van der Waals surface area (Å²) in [5, 5.41) is 9.54. The summed E-state index contributed by atoms with van der Waals surface area (Å²) in [7, 11) is 0. The fourth-order valence-electron chi connectivity index (χ4n) is 3.05. The van der Waals surface area contributed by atoms with E-state index in [0.29, 0.717) is 12.8 Å². The van der Waals surface area contributed by atoms with Crippen molar-refractivity contribution in [2.75, 3.05) is 0 Å². The number of likely N-dealkylation sites (tertiary alicyclic amines) is 1. The Morgan fingerprint density at radius 2 is 1.90 bits per heavy atom. The van der Waals surface area contributed by atoms with Gasteiger partial charge in [0.1, 0.15) is 0 Å². The second-order valence-corrected chi connectivity index (χ2v) is 7.34. The van der Waals surface area contributed by atoms with Gasteiger partial charge < -0.3 is 10.0 Å². The summed E-state index contributed by atoms with van der Waals surface area (Å²) in [5.74, 6) is -1.27. The van der Waals surface area contributed by atoms with Crippen molar-refractivity contribution in [2.45, 2.75) is 37.8 Å². The Balaban J connectivity index is 2.03. The normalized spacial score (nSPS) is 26.0. The van der Waals surface area contributed by atoms with Crippen LogP contribution in [0.1, 0.15) is 37.3 Å². The molecule has 21 heavy (non-hydrogen) atoms. The minimum absolute atomic E-state index is 0.0824. The molecule has 0 bridgehead atoms. The summed E-state index contributed by atoms with van der Waals surface area (Å²) in [6, 6.07) is 5.57. The average molecular weight is 417 g/mol. The third-order valence-corrected chi connectivity index (χ3v) is 6.06. The standard InChI is InChI=1S/C15H15Br2NO3/c16-11-5-1-8(7-12(11)17)14-10(15(20)21)4-6-13(19)18(14)9-2-3-9/h1,5,7,9-10,14H,2-4,6H2,(H,20,21). The lowest BCUT2D eigenvalue weighted by Crippen LogP contribution is -2.46. The number of hydrogen-bond donors (Lipinski definition) is 1. The Hall–Kier alpha value is -0.880. The first-order chi connectivity index (χ1) is 9.99. The van der Waals surface area contributed by atoms with Gasteiger partial charge in [-0.2, -0.15) is 0 Å². The number of carbonyl (C=O) groups is 2. The third-order valence-electron chi connectivity index (χ3n) is 4.18. The van der Waals surface area contributed by atoms with Crippen LogP contribution >= 0.6 is 31.9 Å². The van der Waals surface area contributed by atoms with E-state index in [4.69, 9.17) is 0 Å². The number of nitrogens with zero attached hydrogens (tertiary/aromatic N) is 1. The maximum atomic E-state index is 12.3. The Kier molecular flexibility index (Phi) is 4.10. The molecule has 6 heteroatoms. The maximum absolute atomic E-state index is 12.3. The predicted octanol–water partition coefficient (Wildman–Crippen LogP) is 3.74. The molecule has 2 atom stereocenters. The minimum atomic E-state index is -0.822. The first-order valence-corrected chi connectivity index (χ1v) is 8.56. The monoisotopic (exact) mass is 415 g/mol. The molecule has 1 saturated heterocycles. The molecule has 4 nitrogen and oxygen atoms in total. The molecule has 0 aromatic heterocycles. The first-order valence-electron chi connectivity index (χ1n) is 6.98. The van der Waals surface area contributed by atoms with Gasteiger partial charge in [0.15, 0.2) is 0 Å². The molecule has 0 radical (unpaired) electrons. The molecule has 1 amide bonds. The van der Waals surface area contributed by atoms with E-state index in [1.807, 2.05) is 23.1 Å². The van der Waals surface area contributed by atoms with Gasteiger partial charge in [0.2, 0.25) is 5.91 Å². The highest BCUT2D eigenvalue weighted by atomic mass is 79.9. The Labute approximate surface area is 139 Å². The second-order valence-electron chi connectivity index (χ2n) is 5.63. The molecule has 1 saturated carbocycles. The van der Waals surface area contributed by atoms with Gasteiger partial charge in [-0.15, -0.1) is 0 Å². The van der Waals surface area contributed by atoms with E-state index in [1.54, 1.807) is 0 Å². The highest BCUT2D eigenvalue weighted by molar-refractivity contribution is 9.13. The van der Waals surface area contributed by atoms with Gasteiger partial charge >= 0.3 is 5.97 Å². The zero-order valence-corrected chi connectivity index (χ0v) is 14.4. The lowest BCUT2D eigenvalue weighted by atomic mass is 9.84. The van der Waals surface area contributed by atoms with Crippen molar-refractivity contribution in [3.8, 4) is 0 Å². The van der Waals surface area contributed by atoms with E-state index in [9.17, 15) is 14.7 Å². The lowest BCUT2D eigenvalue weighted by molar-refractivity contribution is -0.152. The molecule has 2 aliphatic rings. The highest BCUT2D eigenvalue weighted by Gasteiger charge is 2.46. The minimum Gasteiger partial charge on any atom is -0.481 e. The second kappa shape index (κ2) is 5.72. The molecule has 2 fully saturated rings. The van der Waals surface area contributed by atoms with Gasteiger partial charge in [-0.05, 0) is 68.8 Å². The largest absolute Gasteiger partial charge is 0.481 e. The van der Waals surface area contributed by atoms with E-state index < -0.39 is 11.9 Å². The van der Waals surface area contributed by atoms with Crippen LogP contribution in [0.5, 0.6) is 0 Å². The number of hydrogen-bond acceptors (Lipinski definition) is 2. The Morgan fingerprint density at radius 1 is 1.19 bits per heavy atom. The maximum Gasteiger partial charge on any atom is 0.308 e. The zero-order valence-electron chi connectivity index (χ0n) is 11.3. The fraction of sp³-hybridized carbons (Fsp3) is 0.467. The fourth-order valence-corrected chi connectivity index (χ4v) is 3.69. The van der Waals surface area contributed by atoms with Crippen LogP contribution in [-0.4, -0.2) is 27.9 Å². The van der Waals surface area contributed by atoms with Crippen LogP contribution in [0, 0.1) is 5.92 Å². The number of rotatable bonds is 3. The number of benzene rings is 1. The molecule has 3 rings (SSSR count). The smallest absolute Gasteiger partial charge is 0.308 e. The number of carboxylic acids is 1. The molecule has 2 unspecified atom stereocenters. The van der Waals surface area contributed by atoms with Crippen LogP contribution in [0.15, 0.2) is 27.1 Å². The quantitative estimate of drug-likeness (QED) is 0.816. The summed E-state index contributed by atoms with van der Waals surface area (Å²) in [5.41, 5.74) is 0.887. The molecule has 1 aliphatic heterocycles. The third kappa shape index (κ3) is 2.88. The summed E-state index contributed by atoms with van der Waals surface area (Å²) in [4.78, 5) is 25.7. The summed E-state index contributed by atoms with van der Waals surface area (Å²) in [6.45, 7) is 0. The van der Waals surface area contributed by atoms with Gasteiger partial charge in [-0.1, -0.05) is 6.07 Å². The number of piperidine rings is 1. The van der Waals surface area contributed by atoms with Crippen LogP contribution in [0.4, 0.5) is 0 Å². The van der Waals surface area contributed by atoms with Crippen LogP contribution in [-0.2, 0) is 9.59 Å². The van der Waals surface area contributed by atoms with Crippen LogP contribution < -0.4 is 0 Å². The Bertz CT molecular complexity index is 601. The van der Waals surface area contributed by atoms with Crippen molar-refractivity contribution >= 4 is 43.7 Å². The number of aliphatic carboxylic acids is 1. The highest BCUT2D eigenvalue weighted by Crippen LogP contribution is 2.44. The zero-order chi connectivity index (χ0) is 15.1. The van der Waals surface area contributed by atoms with Crippen molar-refractivity contribution in [1.82, 2.24) is 4.90 Å². The van der Waals surface area contributed by atoms with Gasteiger partial charge in [0, 0.05) is 21.4 Å². The van der Waals surface area contributed by atoms with Gasteiger partial charge in [-0.3, -0.25) is 9.59 Å². The van der Waals surface area contributed by atoms with Crippen molar-refractivity contribution in [3.63, 3.8) is 0 Å². The van der Waals surface area contributed by atoms with Crippen LogP contribution in [0.25, 0.3) is 0 Å². The first kappa shape index (κ1) is 15.0. The Morgan fingerprint density at radius 3 is 2.48 bits per heavy atom. The molecule has 1 aromatic rings. The molecule has 1 aliphatic carbocycles. The van der Waals surface area contributed by atoms with E-state index in [2.05, 4.69) is 31.9 Å². The number of halogens is 2. The number of carboxylic acid groups (broad SMARTS) is 1. The molecular formula is C15H15Br2NO3. The van der Waals surface area contributed by atoms with Crippen molar-refractivity contribution in [3.05, 3.63) is 32.7 Å². The van der Waals surface area contributed by atoms with E-state index in [0.717, 1.165) is 27.4 Å². The molecule has 0 spiro atoms. The van der Waals surface area contributed by atoms with Crippen LogP contribution in [0.2, 0.25) is 0 Å². The molecular weight excluding hydrogens is 402 g/mol. The topological polar surface area (TPSA) is 57.6 Å². The van der Waals surface area contributed by atoms with Crippen molar-refractivity contribution < 1.29 is 14.7 Å². The lowest BCUT2D eigenvalue weighted by Gasteiger charge is -2.40. The molecule has 112 valence electrons. The van der Waals surface area contributed by atoms with Crippen molar-refractivity contribution in [1.29, 1.82) is 0 Å². The molecule has 1 aromatic carbocycles. The summed E-state index contributed by atoms with van der Waals surface area (Å²) >= 11 is 6.88. The van der Waals surface area contributed by atoms with E-state index in [-0.39, 0.29) is 18.0 Å². The molecule has 1 heterocycles. The molecule has 1 N–H and O–H groups in total. The number of carbonyl (C=O) groups excluding carboxylic acids is 1. The number of amides is 1. The summed E-state index contributed by atoms with van der Waals surface area (Å²) in [6.07, 6.45) is 2.70. The van der Waals surface area contributed by atoms with Gasteiger partial charge in [0.05, 0.1) is 12.0 Å². The van der Waals surface area contributed by atoms with Crippen molar-refractivity contribution in [2.24, 2.45) is 5.92 Å².